The highest BCUT2D eigenvalue weighted by Crippen LogP contribution is 2.27. The smallest absolute Gasteiger partial charge is 0.252 e. The molecule has 4 N–H and O–H groups in total. The Balaban J connectivity index is 2.35. The van der Waals surface area contributed by atoms with Crippen LogP contribution in [-0.4, -0.2) is 5.91 Å². The molecule has 0 saturated heterocycles. The number of nitrogen functional groups attached to an aromatic ring is 1. The summed E-state index contributed by atoms with van der Waals surface area (Å²) in [6.07, 6.45) is 0. The number of anilines is 1. The van der Waals surface area contributed by atoms with Crippen LogP contribution in [0.5, 0.6) is 11.5 Å². The normalized spacial score (nSPS) is 10.1. The number of hydrogen-bond acceptors (Lipinski definition) is 3. The second-order valence-electron chi connectivity index (χ2n) is 3.68. The summed E-state index contributed by atoms with van der Waals surface area (Å²) in [4.78, 5) is 11.3. The minimum atomic E-state index is -0.546. The van der Waals surface area contributed by atoms with Gasteiger partial charge in [0.25, 0.3) is 5.91 Å². The molecule has 0 saturated carbocycles. The summed E-state index contributed by atoms with van der Waals surface area (Å²) in [6, 6.07) is 12.2. The molecule has 0 bridgehead atoms. The van der Waals surface area contributed by atoms with Gasteiger partial charge in [0.1, 0.15) is 11.5 Å². The summed E-state index contributed by atoms with van der Waals surface area (Å²) in [7, 11) is 0. The molecule has 5 heteroatoms. The van der Waals surface area contributed by atoms with Crippen LogP contribution >= 0.6 is 22.6 Å². The fraction of sp³-hybridized carbons (Fsp3) is 0. The lowest BCUT2D eigenvalue weighted by Gasteiger charge is -2.10. The number of carbonyl (C=O) groups excluding carboxylic acids is 1. The van der Waals surface area contributed by atoms with Gasteiger partial charge in [0, 0.05) is 15.3 Å². The van der Waals surface area contributed by atoms with Gasteiger partial charge in [-0.1, -0.05) is 0 Å². The predicted octanol–water partition coefficient (Wildman–Crippen LogP) is 2.76. The number of benzene rings is 2. The van der Waals surface area contributed by atoms with E-state index < -0.39 is 5.91 Å². The number of hydrogen-bond donors (Lipinski definition) is 2. The van der Waals surface area contributed by atoms with E-state index in [1.165, 1.54) is 0 Å². The largest absolute Gasteiger partial charge is 0.456 e. The van der Waals surface area contributed by atoms with Crippen LogP contribution in [-0.2, 0) is 0 Å². The summed E-state index contributed by atoms with van der Waals surface area (Å²) in [5.74, 6) is 0.447. The number of rotatable bonds is 3. The van der Waals surface area contributed by atoms with E-state index in [0.29, 0.717) is 22.7 Å². The van der Waals surface area contributed by atoms with Gasteiger partial charge in [0.05, 0.1) is 5.56 Å². The van der Waals surface area contributed by atoms with E-state index in [4.69, 9.17) is 16.2 Å². The lowest BCUT2D eigenvalue weighted by molar-refractivity contribution is 0.0998. The molecular formula is C13H11IN2O2. The van der Waals surface area contributed by atoms with Gasteiger partial charge < -0.3 is 16.2 Å². The summed E-state index contributed by atoms with van der Waals surface area (Å²) in [5.41, 5.74) is 11.8. The molecule has 0 aliphatic rings. The fourth-order valence-electron chi connectivity index (χ4n) is 1.46. The molecule has 2 aromatic rings. The van der Waals surface area contributed by atoms with Crippen LogP contribution in [0.25, 0.3) is 0 Å². The molecule has 0 unspecified atom stereocenters. The zero-order chi connectivity index (χ0) is 13.1. The molecule has 4 nitrogen and oxygen atoms in total. The van der Waals surface area contributed by atoms with E-state index in [-0.39, 0.29) is 0 Å². The van der Waals surface area contributed by atoms with Crippen molar-refractivity contribution in [2.24, 2.45) is 5.73 Å². The van der Waals surface area contributed by atoms with E-state index in [2.05, 4.69) is 22.6 Å². The molecule has 0 fully saturated rings. The third-order valence-electron chi connectivity index (χ3n) is 2.31. The van der Waals surface area contributed by atoms with Gasteiger partial charge in [-0.25, -0.2) is 0 Å². The van der Waals surface area contributed by atoms with E-state index in [1.54, 1.807) is 18.2 Å². The molecule has 0 radical (unpaired) electrons. The quantitative estimate of drug-likeness (QED) is 0.657. The SMILES string of the molecule is NC(=O)c1ccc(N)cc1Oc1ccc(I)cc1. The maximum Gasteiger partial charge on any atom is 0.252 e. The number of halogens is 1. The van der Waals surface area contributed by atoms with Gasteiger partial charge >= 0.3 is 0 Å². The van der Waals surface area contributed by atoms with Crippen LogP contribution < -0.4 is 16.2 Å². The zero-order valence-corrected chi connectivity index (χ0v) is 11.5. The van der Waals surface area contributed by atoms with E-state index in [9.17, 15) is 4.79 Å². The first kappa shape index (κ1) is 12.7. The van der Waals surface area contributed by atoms with Crippen molar-refractivity contribution in [2.75, 3.05) is 5.73 Å². The lowest BCUT2D eigenvalue weighted by atomic mass is 10.1. The monoisotopic (exact) mass is 354 g/mol. The summed E-state index contributed by atoms with van der Waals surface area (Å²) in [6.45, 7) is 0. The molecule has 0 aromatic heterocycles. The Morgan fingerprint density at radius 3 is 2.39 bits per heavy atom. The maximum atomic E-state index is 11.3. The standard InChI is InChI=1S/C13H11IN2O2/c14-8-1-4-10(5-2-8)18-12-7-9(15)3-6-11(12)13(16)17/h1-7H,15H2,(H2,16,17). The topological polar surface area (TPSA) is 78.3 Å². The van der Waals surface area contributed by atoms with Gasteiger partial charge in [-0.2, -0.15) is 0 Å². The van der Waals surface area contributed by atoms with Crippen molar-refractivity contribution >= 4 is 34.2 Å². The van der Waals surface area contributed by atoms with Crippen molar-refractivity contribution in [1.29, 1.82) is 0 Å². The van der Waals surface area contributed by atoms with Gasteiger partial charge in [0.2, 0.25) is 0 Å². The van der Waals surface area contributed by atoms with Crippen molar-refractivity contribution in [3.05, 3.63) is 51.6 Å². The molecule has 0 spiro atoms. The molecule has 2 aromatic carbocycles. The van der Waals surface area contributed by atoms with Gasteiger partial charge in [-0.05, 0) is 59.0 Å². The van der Waals surface area contributed by atoms with Crippen molar-refractivity contribution < 1.29 is 9.53 Å². The lowest BCUT2D eigenvalue weighted by Crippen LogP contribution is -2.12. The van der Waals surface area contributed by atoms with Gasteiger partial charge in [-0.15, -0.1) is 0 Å². The highest BCUT2D eigenvalue weighted by atomic mass is 127. The second-order valence-corrected chi connectivity index (χ2v) is 4.92. The molecule has 1 amide bonds. The number of ether oxygens (including phenoxy) is 1. The van der Waals surface area contributed by atoms with Crippen LogP contribution in [0, 0.1) is 3.57 Å². The van der Waals surface area contributed by atoms with Crippen molar-refractivity contribution in [1.82, 2.24) is 0 Å². The first-order valence-corrected chi connectivity index (χ1v) is 6.27. The number of nitrogens with two attached hydrogens (primary N) is 2. The predicted molar refractivity (Wildman–Crippen MR) is 78.6 cm³/mol. The van der Waals surface area contributed by atoms with Crippen LogP contribution in [0.3, 0.4) is 0 Å². The first-order chi connectivity index (χ1) is 8.56. The van der Waals surface area contributed by atoms with Crippen LogP contribution in [0.15, 0.2) is 42.5 Å². The number of primary amides is 1. The second kappa shape index (κ2) is 5.26. The maximum absolute atomic E-state index is 11.3. The molecular weight excluding hydrogens is 343 g/mol. The Morgan fingerprint density at radius 2 is 1.78 bits per heavy atom. The van der Waals surface area contributed by atoms with E-state index >= 15 is 0 Å². The molecule has 0 heterocycles. The van der Waals surface area contributed by atoms with Crippen LogP contribution in [0.2, 0.25) is 0 Å². The molecule has 2 rings (SSSR count). The molecule has 0 atom stereocenters. The first-order valence-electron chi connectivity index (χ1n) is 5.19. The van der Waals surface area contributed by atoms with Crippen LogP contribution in [0.4, 0.5) is 5.69 Å². The average Bonchev–Trinajstić information content (AvgIpc) is 2.32. The van der Waals surface area contributed by atoms with Crippen molar-refractivity contribution in [3.63, 3.8) is 0 Å². The molecule has 0 aliphatic heterocycles. The average molecular weight is 354 g/mol. The zero-order valence-electron chi connectivity index (χ0n) is 9.39. The Labute approximate surface area is 118 Å². The Hall–Kier alpha value is -1.76. The van der Waals surface area contributed by atoms with Crippen molar-refractivity contribution in [3.8, 4) is 11.5 Å². The molecule has 0 aliphatic carbocycles. The minimum absolute atomic E-state index is 0.308. The summed E-state index contributed by atoms with van der Waals surface area (Å²) >= 11 is 2.20. The molecule has 18 heavy (non-hydrogen) atoms. The number of carbonyl (C=O) groups is 1. The molecule has 92 valence electrons. The van der Waals surface area contributed by atoms with Crippen LogP contribution in [0.1, 0.15) is 10.4 Å². The highest BCUT2D eigenvalue weighted by Gasteiger charge is 2.10. The highest BCUT2D eigenvalue weighted by molar-refractivity contribution is 14.1. The van der Waals surface area contributed by atoms with E-state index in [1.807, 2.05) is 24.3 Å². The van der Waals surface area contributed by atoms with E-state index in [0.717, 1.165) is 3.57 Å². The van der Waals surface area contributed by atoms with Gasteiger partial charge in [0.15, 0.2) is 0 Å². The number of amides is 1. The summed E-state index contributed by atoms with van der Waals surface area (Å²) < 4.78 is 6.72. The third kappa shape index (κ3) is 2.92. The Morgan fingerprint density at radius 1 is 1.11 bits per heavy atom. The summed E-state index contributed by atoms with van der Waals surface area (Å²) in [5, 5.41) is 0. The minimum Gasteiger partial charge on any atom is -0.456 e. The third-order valence-corrected chi connectivity index (χ3v) is 3.03. The fourth-order valence-corrected chi connectivity index (χ4v) is 1.82. The van der Waals surface area contributed by atoms with Crippen molar-refractivity contribution in [2.45, 2.75) is 0 Å². The van der Waals surface area contributed by atoms with Gasteiger partial charge in [-0.3, -0.25) is 4.79 Å². The Bertz CT molecular complexity index is 582. The Kier molecular flexibility index (Phi) is 3.71.